The Hall–Kier alpha value is -3.02. The summed E-state index contributed by atoms with van der Waals surface area (Å²) in [6.07, 6.45) is 0. The van der Waals surface area contributed by atoms with Gasteiger partial charge in [-0.3, -0.25) is 0 Å². The van der Waals surface area contributed by atoms with Crippen LogP contribution < -0.4 is 28.4 Å². The Morgan fingerprint density at radius 2 is 1.44 bits per heavy atom. The van der Waals surface area contributed by atoms with Crippen molar-refractivity contribution >= 4 is 0 Å². The summed E-state index contributed by atoms with van der Waals surface area (Å²) < 4.78 is 33.6. The van der Waals surface area contributed by atoms with Crippen molar-refractivity contribution in [1.82, 2.24) is 0 Å². The number of fused-ring (bicyclic) bond motifs is 2. The molecule has 2 heterocycles. The van der Waals surface area contributed by atoms with Crippen LogP contribution in [0.15, 0.2) is 35.6 Å². The first-order valence-corrected chi connectivity index (χ1v) is 8.66. The van der Waals surface area contributed by atoms with E-state index >= 15 is 0 Å². The summed E-state index contributed by atoms with van der Waals surface area (Å²) in [5.41, 5.74) is 3.14. The average molecular weight is 370 g/mol. The molecule has 0 spiro atoms. The second-order valence-electron chi connectivity index (χ2n) is 6.48. The quantitative estimate of drug-likeness (QED) is 0.802. The van der Waals surface area contributed by atoms with Crippen molar-refractivity contribution in [3.05, 3.63) is 46.7 Å². The van der Waals surface area contributed by atoms with Gasteiger partial charge < -0.3 is 28.4 Å². The summed E-state index contributed by atoms with van der Waals surface area (Å²) in [7, 11) is 4.83. The molecule has 142 valence electrons. The summed E-state index contributed by atoms with van der Waals surface area (Å²) in [6.45, 7) is 4.25. The lowest BCUT2D eigenvalue weighted by Crippen LogP contribution is -2.14. The second kappa shape index (κ2) is 6.61. The van der Waals surface area contributed by atoms with Crippen LogP contribution in [0.25, 0.3) is 0 Å². The molecule has 0 N–H and O–H groups in total. The molecule has 1 atom stereocenters. The fourth-order valence-corrected chi connectivity index (χ4v) is 3.63. The maximum Gasteiger partial charge on any atom is 0.231 e. The minimum absolute atomic E-state index is 0.0306. The molecule has 0 saturated heterocycles. The largest absolute Gasteiger partial charge is 0.493 e. The van der Waals surface area contributed by atoms with Gasteiger partial charge in [0.1, 0.15) is 11.5 Å². The Morgan fingerprint density at radius 3 is 2.04 bits per heavy atom. The number of rotatable bonds is 4. The normalized spacial score (nSPS) is 17.3. The molecule has 2 aliphatic rings. The van der Waals surface area contributed by atoms with Crippen LogP contribution in [-0.4, -0.2) is 28.1 Å². The van der Waals surface area contributed by atoms with Crippen molar-refractivity contribution in [2.75, 3.05) is 28.1 Å². The highest BCUT2D eigenvalue weighted by Crippen LogP contribution is 2.50. The number of methoxy groups -OCH3 is 3. The van der Waals surface area contributed by atoms with Gasteiger partial charge in [0, 0.05) is 17.5 Å². The SMILES string of the molecule is COc1cc([C@H]2C(C)=C(C)Oc3cc4c(cc32)OCO4)cc(OC)c1OC. The van der Waals surface area contributed by atoms with Gasteiger partial charge in [-0.05, 0) is 43.2 Å². The van der Waals surface area contributed by atoms with Crippen LogP contribution in [-0.2, 0) is 0 Å². The van der Waals surface area contributed by atoms with E-state index in [2.05, 4.69) is 6.92 Å². The van der Waals surface area contributed by atoms with Crippen LogP contribution in [0.3, 0.4) is 0 Å². The molecule has 0 unspecified atom stereocenters. The minimum atomic E-state index is -0.0306. The third-order valence-electron chi connectivity index (χ3n) is 5.09. The lowest BCUT2D eigenvalue weighted by Gasteiger charge is -2.29. The Labute approximate surface area is 158 Å². The highest BCUT2D eigenvalue weighted by atomic mass is 16.7. The summed E-state index contributed by atoms with van der Waals surface area (Å²) in [5.74, 6) is 4.82. The van der Waals surface area contributed by atoms with Gasteiger partial charge in [0.05, 0.1) is 21.3 Å². The maximum absolute atomic E-state index is 6.04. The van der Waals surface area contributed by atoms with E-state index < -0.39 is 0 Å². The molecule has 0 bridgehead atoms. The van der Waals surface area contributed by atoms with Crippen molar-refractivity contribution in [1.29, 1.82) is 0 Å². The Balaban J connectivity index is 1.91. The van der Waals surface area contributed by atoms with Crippen molar-refractivity contribution in [2.45, 2.75) is 19.8 Å². The fourth-order valence-electron chi connectivity index (χ4n) is 3.63. The van der Waals surface area contributed by atoms with Crippen LogP contribution in [0.4, 0.5) is 0 Å². The first-order valence-electron chi connectivity index (χ1n) is 8.66. The Bertz CT molecular complexity index is 906. The molecule has 0 radical (unpaired) electrons. The molecule has 2 aliphatic heterocycles. The molecule has 0 saturated carbocycles. The third kappa shape index (κ3) is 2.72. The molecule has 27 heavy (non-hydrogen) atoms. The lowest BCUT2D eigenvalue weighted by molar-refractivity contribution is 0.174. The van der Waals surface area contributed by atoms with E-state index in [1.807, 2.05) is 31.2 Å². The molecule has 0 aliphatic carbocycles. The van der Waals surface area contributed by atoms with E-state index in [1.54, 1.807) is 21.3 Å². The van der Waals surface area contributed by atoms with E-state index in [1.165, 1.54) is 0 Å². The first kappa shape index (κ1) is 17.4. The standard InChI is InChI=1S/C21H22O6/c1-11-12(2)27-15-9-17-16(25-10-26-17)8-14(15)20(11)13-6-18(22-3)21(24-5)19(7-13)23-4/h6-9,20H,10H2,1-5H3/t20-/m1/s1. The van der Waals surface area contributed by atoms with Crippen molar-refractivity contribution in [2.24, 2.45) is 0 Å². The Kier molecular flexibility index (Phi) is 4.26. The Morgan fingerprint density at radius 1 is 0.815 bits per heavy atom. The number of allylic oxidation sites excluding steroid dienone is 2. The monoisotopic (exact) mass is 370 g/mol. The van der Waals surface area contributed by atoms with Crippen LogP contribution in [0.1, 0.15) is 30.9 Å². The lowest BCUT2D eigenvalue weighted by atomic mass is 9.82. The number of hydrogen-bond donors (Lipinski definition) is 0. The predicted molar refractivity (Wildman–Crippen MR) is 99.5 cm³/mol. The van der Waals surface area contributed by atoms with Gasteiger partial charge in [0.2, 0.25) is 12.5 Å². The van der Waals surface area contributed by atoms with Crippen LogP contribution >= 0.6 is 0 Å². The molecule has 6 nitrogen and oxygen atoms in total. The molecule has 0 aromatic heterocycles. The third-order valence-corrected chi connectivity index (χ3v) is 5.09. The van der Waals surface area contributed by atoms with Crippen molar-refractivity contribution in [3.8, 4) is 34.5 Å². The zero-order valence-electron chi connectivity index (χ0n) is 16.0. The van der Waals surface area contributed by atoms with Gasteiger partial charge in [-0.15, -0.1) is 0 Å². The van der Waals surface area contributed by atoms with E-state index in [9.17, 15) is 0 Å². The van der Waals surface area contributed by atoms with E-state index in [0.717, 1.165) is 34.0 Å². The number of benzene rings is 2. The highest BCUT2D eigenvalue weighted by molar-refractivity contribution is 5.62. The van der Waals surface area contributed by atoms with Gasteiger partial charge in [0.25, 0.3) is 0 Å². The average Bonchev–Trinajstić information content (AvgIpc) is 3.13. The van der Waals surface area contributed by atoms with Gasteiger partial charge in [-0.1, -0.05) is 0 Å². The topological polar surface area (TPSA) is 55.4 Å². The molecule has 6 heteroatoms. The molecule has 2 aromatic rings. The van der Waals surface area contributed by atoms with Gasteiger partial charge in [0.15, 0.2) is 23.0 Å². The summed E-state index contributed by atoms with van der Waals surface area (Å²) in [6, 6.07) is 7.82. The van der Waals surface area contributed by atoms with Gasteiger partial charge >= 0.3 is 0 Å². The molecule has 0 fully saturated rings. The molecular formula is C21H22O6. The molecule has 2 aromatic carbocycles. The maximum atomic E-state index is 6.04. The van der Waals surface area contributed by atoms with Crippen LogP contribution in [0.2, 0.25) is 0 Å². The first-order chi connectivity index (χ1) is 13.1. The van der Waals surface area contributed by atoms with E-state index in [4.69, 9.17) is 28.4 Å². The summed E-state index contributed by atoms with van der Waals surface area (Å²) >= 11 is 0. The van der Waals surface area contributed by atoms with Crippen LogP contribution in [0.5, 0.6) is 34.5 Å². The highest BCUT2D eigenvalue weighted by Gasteiger charge is 2.31. The van der Waals surface area contributed by atoms with Crippen molar-refractivity contribution < 1.29 is 28.4 Å². The smallest absolute Gasteiger partial charge is 0.231 e. The minimum Gasteiger partial charge on any atom is -0.493 e. The van der Waals surface area contributed by atoms with Crippen LogP contribution in [0, 0.1) is 0 Å². The summed E-state index contributed by atoms with van der Waals surface area (Å²) in [5, 5.41) is 0. The predicted octanol–water partition coefficient (Wildman–Crippen LogP) is 4.26. The van der Waals surface area contributed by atoms with E-state index in [-0.39, 0.29) is 12.7 Å². The zero-order chi connectivity index (χ0) is 19.1. The zero-order valence-corrected chi connectivity index (χ0v) is 16.0. The molecule has 0 amide bonds. The number of hydrogen-bond acceptors (Lipinski definition) is 6. The van der Waals surface area contributed by atoms with Crippen molar-refractivity contribution in [3.63, 3.8) is 0 Å². The van der Waals surface area contributed by atoms with E-state index in [0.29, 0.717) is 23.0 Å². The molecule has 4 rings (SSSR count). The fraction of sp³-hybridized carbons (Fsp3) is 0.333. The molecular weight excluding hydrogens is 348 g/mol. The second-order valence-corrected chi connectivity index (χ2v) is 6.48. The van der Waals surface area contributed by atoms with Gasteiger partial charge in [-0.2, -0.15) is 0 Å². The number of ether oxygens (including phenoxy) is 6. The summed E-state index contributed by atoms with van der Waals surface area (Å²) in [4.78, 5) is 0. The van der Waals surface area contributed by atoms with Gasteiger partial charge in [-0.25, -0.2) is 0 Å².